The summed E-state index contributed by atoms with van der Waals surface area (Å²) in [6.07, 6.45) is 0. The summed E-state index contributed by atoms with van der Waals surface area (Å²) in [5.41, 5.74) is 2.51. The zero-order valence-electron chi connectivity index (χ0n) is 14.4. The van der Waals surface area contributed by atoms with Crippen LogP contribution in [0.5, 0.6) is 0 Å². The van der Waals surface area contributed by atoms with Gasteiger partial charge >= 0.3 is 0 Å². The van der Waals surface area contributed by atoms with Crippen molar-refractivity contribution >= 4 is 0 Å². The zero-order valence-corrected chi connectivity index (χ0v) is 14.4. The van der Waals surface area contributed by atoms with Crippen LogP contribution in [0.4, 0.5) is 17.6 Å². The van der Waals surface area contributed by atoms with E-state index in [1.807, 2.05) is 5.92 Å². The highest BCUT2D eigenvalue weighted by molar-refractivity contribution is 5.64. The predicted molar refractivity (Wildman–Crippen MR) is 101 cm³/mol. The van der Waals surface area contributed by atoms with Crippen LogP contribution in [0, 0.1) is 35.3 Å². The van der Waals surface area contributed by atoms with Gasteiger partial charge in [-0.05, 0) is 71.5 Å². The molecule has 0 aromatic heterocycles. The van der Waals surface area contributed by atoms with Gasteiger partial charge in [-0.2, -0.15) is 8.78 Å². The molecule has 0 aliphatic rings. The quantitative estimate of drug-likeness (QED) is 0.351. The lowest BCUT2D eigenvalue weighted by atomic mass is 10.0. The first-order chi connectivity index (χ1) is 13.5. The van der Waals surface area contributed by atoms with Crippen molar-refractivity contribution < 1.29 is 17.6 Å². The van der Waals surface area contributed by atoms with Crippen molar-refractivity contribution in [1.82, 2.24) is 0 Å². The van der Waals surface area contributed by atoms with Crippen LogP contribution in [0.1, 0.15) is 11.1 Å². The van der Waals surface area contributed by atoms with E-state index in [2.05, 4.69) is 17.8 Å². The Morgan fingerprint density at radius 2 is 0.821 bits per heavy atom. The average molecular weight is 376 g/mol. The minimum absolute atomic E-state index is 0.321. The third-order valence-corrected chi connectivity index (χ3v) is 3.73. The van der Waals surface area contributed by atoms with Crippen LogP contribution in [-0.2, 0) is 0 Å². The number of rotatable bonds is 1. The maximum atomic E-state index is 13.8. The third kappa shape index (κ3) is 5.13. The molecular formula is C24H12F4. The van der Waals surface area contributed by atoms with Gasteiger partial charge in [0.2, 0.25) is 11.7 Å². The van der Waals surface area contributed by atoms with Crippen LogP contribution >= 0.6 is 0 Å². The fourth-order valence-electron chi connectivity index (χ4n) is 2.29. The molecule has 0 radical (unpaired) electrons. The van der Waals surface area contributed by atoms with Gasteiger partial charge in [-0.25, -0.2) is 8.78 Å². The summed E-state index contributed by atoms with van der Waals surface area (Å²) in [5, 5.41) is 0. The topological polar surface area (TPSA) is 0 Å². The average Bonchev–Trinajstić information content (AvgIpc) is 2.72. The Hall–Kier alpha value is -3.76. The number of hydrogen-bond acceptors (Lipinski definition) is 0. The molecular weight excluding hydrogens is 364 g/mol. The fourth-order valence-corrected chi connectivity index (χ4v) is 2.29. The van der Waals surface area contributed by atoms with Gasteiger partial charge in [-0.3, -0.25) is 0 Å². The van der Waals surface area contributed by atoms with Crippen molar-refractivity contribution in [3.05, 3.63) is 107 Å². The van der Waals surface area contributed by atoms with Gasteiger partial charge in [0.15, 0.2) is 0 Å². The van der Waals surface area contributed by atoms with Crippen molar-refractivity contribution in [2.45, 2.75) is 0 Å². The number of halogens is 4. The second-order valence-corrected chi connectivity index (χ2v) is 5.72. The van der Waals surface area contributed by atoms with Crippen molar-refractivity contribution in [3.8, 4) is 34.8 Å². The maximum Gasteiger partial charge on any atom is 0.217 e. The lowest BCUT2D eigenvalue weighted by Crippen LogP contribution is -1.81. The summed E-state index contributed by atoms with van der Waals surface area (Å²) in [5.74, 6) is 5.69. The first-order valence-corrected chi connectivity index (χ1v) is 8.22. The smallest absolute Gasteiger partial charge is 0.207 e. The maximum absolute atomic E-state index is 13.8. The summed E-state index contributed by atoms with van der Waals surface area (Å²) in [6, 6.07) is 17.9. The molecule has 136 valence electrons. The molecule has 0 atom stereocenters. The minimum Gasteiger partial charge on any atom is -0.207 e. The van der Waals surface area contributed by atoms with Crippen LogP contribution in [0.25, 0.3) is 11.1 Å². The van der Waals surface area contributed by atoms with E-state index >= 15 is 0 Å². The third-order valence-electron chi connectivity index (χ3n) is 3.73. The molecule has 3 rings (SSSR count). The van der Waals surface area contributed by atoms with Crippen LogP contribution < -0.4 is 0 Å². The Labute approximate surface area is 160 Å². The lowest BCUT2D eigenvalue weighted by molar-refractivity contribution is 0.584. The van der Waals surface area contributed by atoms with Crippen molar-refractivity contribution in [3.63, 3.8) is 0 Å². The second kappa shape index (κ2) is 8.75. The van der Waals surface area contributed by atoms with E-state index in [9.17, 15) is 17.6 Å². The molecule has 0 heterocycles. The van der Waals surface area contributed by atoms with Crippen LogP contribution in [-0.4, -0.2) is 0 Å². The zero-order chi connectivity index (χ0) is 19.9. The molecule has 4 heteroatoms. The normalized spacial score (nSPS) is 10.9. The highest BCUT2D eigenvalue weighted by Crippen LogP contribution is 2.20. The monoisotopic (exact) mass is 376 g/mol. The summed E-state index contributed by atoms with van der Waals surface area (Å²) in [6.45, 7) is 0. The summed E-state index contributed by atoms with van der Waals surface area (Å²) >= 11 is 0. The number of benzene rings is 3. The second-order valence-electron chi connectivity index (χ2n) is 5.72. The van der Waals surface area contributed by atoms with Crippen LogP contribution in [0.15, 0.2) is 84.5 Å². The minimum atomic E-state index is -1.29. The lowest BCUT2D eigenvalue weighted by Gasteiger charge is -2.01. The fraction of sp³-hybridized carbons (Fsp3) is 0. The van der Waals surface area contributed by atoms with Gasteiger partial charge in [0.1, 0.15) is 11.6 Å². The van der Waals surface area contributed by atoms with Gasteiger partial charge in [0, 0.05) is 11.1 Å². The Morgan fingerprint density at radius 3 is 1.25 bits per heavy atom. The largest absolute Gasteiger partial charge is 0.217 e. The molecule has 0 saturated heterocycles. The van der Waals surface area contributed by atoms with E-state index in [-0.39, 0.29) is 5.82 Å². The van der Waals surface area contributed by atoms with Crippen molar-refractivity contribution in [2.75, 3.05) is 0 Å². The van der Waals surface area contributed by atoms with E-state index < -0.39 is 17.5 Å². The molecule has 0 saturated carbocycles. The van der Waals surface area contributed by atoms with Crippen LogP contribution in [0.3, 0.4) is 0 Å². The highest BCUT2D eigenvalue weighted by Gasteiger charge is 2.00. The molecule has 0 amide bonds. The predicted octanol–water partition coefficient (Wildman–Crippen LogP) is 6.19. The van der Waals surface area contributed by atoms with Crippen LogP contribution in [0.2, 0.25) is 0 Å². The molecule has 3 aromatic carbocycles. The van der Waals surface area contributed by atoms with Crippen molar-refractivity contribution in [2.24, 2.45) is 0 Å². The van der Waals surface area contributed by atoms with Crippen molar-refractivity contribution in [1.29, 1.82) is 0 Å². The van der Waals surface area contributed by atoms with E-state index in [1.165, 1.54) is 36.4 Å². The summed E-state index contributed by atoms with van der Waals surface area (Å²) in [7, 11) is 0. The molecule has 0 bridgehead atoms. The Kier molecular flexibility index (Phi) is 5.94. The van der Waals surface area contributed by atoms with Gasteiger partial charge in [0.05, 0.1) is 0 Å². The first-order valence-electron chi connectivity index (χ1n) is 8.22. The molecule has 0 aliphatic heterocycles. The first kappa shape index (κ1) is 19.0. The van der Waals surface area contributed by atoms with E-state index in [1.54, 1.807) is 36.4 Å². The molecule has 0 nitrogen and oxygen atoms in total. The standard InChI is InChI=1S/C24H12F4/c25-21-11-3-18(4-12-21)6-16-24(28)23(27)15-5-17-1-7-19(8-2-17)20-9-13-22(26)14-10-20/h1-4,7-14H/b24-23+. The van der Waals surface area contributed by atoms with E-state index in [0.29, 0.717) is 11.1 Å². The Bertz CT molecular complexity index is 1120. The van der Waals surface area contributed by atoms with Gasteiger partial charge in [-0.1, -0.05) is 36.1 Å². The number of allylic oxidation sites excluding steroid dienone is 2. The summed E-state index contributed by atoms with van der Waals surface area (Å²) in [4.78, 5) is 0. The Balaban J connectivity index is 1.74. The van der Waals surface area contributed by atoms with E-state index in [0.717, 1.165) is 11.1 Å². The molecule has 0 unspecified atom stereocenters. The number of hydrogen-bond donors (Lipinski definition) is 0. The van der Waals surface area contributed by atoms with E-state index in [4.69, 9.17) is 0 Å². The molecule has 0 spiro atoms. The molecule has 0 aliphatic carbocycles. The molecule has 3 aromatic rings. The van der Waals surface area contributed by atoms with Gasteiger partial charge < -0.3 is 0 Å². The molecule has 0 N–H and O–H groups in total. The molecule has 0 fully saturated rings. The van der Waals surface area contributed by atoms with Gasteiger partial charge in [-0.15, -0.1) is 0 Å². The van der Waals surface area contributed by atoms with Gasteiger partial charge in [0.25, 0.3) is 0 Å². The Morgan fingerprint density at radius 1 is 0.500 bits per heavy atom. The highest BCUT2D eigenvalue weighted by atomic mass is 19.2. The summed E-state index contributed by atoms with van der Waals surface area (Å²) < 4.78 is 53.2. The SMILES string of the molecule is F/C(C#Cc1ccc(F)cc1)=C(/F)C#Cc1ccc(-c2ccc(F)cc2)cc1. The molecule has 28 heavy (non-hydrogen) atoms.